The first-order chi connectivity index (χ1) is 12.3. The van der Waals surface area contributed by atoms with Crippen molar-refractivity contribution in [1.82, 2.24) is 5.32 Å². The van der Waals surface area contributed by atoms with Crippen LogP contribution in [-0.2, 0) is 18.9 Å². The van der Waals surface area contributed by atoms with Crippen molar-refractivity contribution >= 4 is 0 Å². The molecule has 5 heteroatoms. The smallest absolute Gasteiger partial charge is 0.163 e. The van der Waals surface area contributed by atoms with E-state index in [-0.39, 0.29) is 24.4 Å². The van der Waals surface area contributed by atoms with Crippen molar-refractivity contribution < 1.29 is 18.9 Å². The minimum atomic E-state index is -0.560. The summed E-state index contributed by atoms with van der Waals surface area (Å²) in [6.45, 7) is 9.90. The van der Waals surface area contributed by atoms with Gasteiger partial charge in [0.05, 0.1) is 12.2 Å². The van der Waals surface area contributed by atoms with Crippen LogP contribution in [-0.4, -0.2) is 49.1 Å². The highest BCUT2D eigenvalue weighted by molar-refractivity contribution is 5.03. The molecule has 3 aliphatic rings. The van der Waals surface area contributed by atoms with Crippen molar-refractivity contribution in [1.29, 1.82) is 0 Å². The molecule has 0 bridgehead atoms. The molecule has 1 unspecified atom stereocenters. The first kappa shape index (κ1) is 20.1. The maximum Gasteiger partial charge on any atom is 0.163 e. The van der Waals surface area contributed by atoms with Crippen LogP contribution in [0.1, 0.15) is 66.2 Å². The van der Waals surface area contributed by atoms with E-state index in [4.69, 9.17) is 25.4 Å². The second-order valence-electron chi connectivity index (χ2n) is 8.77. The Kier molecular flexibility index (Phi) is 6.31. The van der Waals surface area contributed by atoms with E-state index in [1.54, 1.807) is 0 Å². The molecule has 0 spiro atoms. The first-order valence-electron chi connectivity index (χ1n) is 10.2. The Morgan fingerprint density at radius 3 is 2.31 bits per heavy atom. The van der Waals surface area contributed by atoms with Crippen LogP contribution in [0.15, 0.2) is 0 Å². The van der Waals surface area contributed by atoms with Gasteiger partial charge in [-0.15, -0.1) is 12.3 Å². The van der Waals surface area contributed by atoms with Gasteiger partial charge in [0.2, 0.25) is 0 Å². The summed E-state index contributed by atoms with van der Waals surface area (Å²) >= 11 is 0. The molecule has 2 saturated heterocycles. The molecule has 0 aromatic carbocycles. The van der Waals surface area contributed by atoms with Gasteiger partial charge in [0.15, 0.2) is 11.6 Å². The Morgan fingerprint density at radius 1 is 0.885 bits per heavy atom. The molecule has 26 heavy (non-hydrogen) atoms. The second kappa shape index (κ2) is 8.16. The van der Waals surface area contributed by atoms with Crippen molar-refractivity contribution in [2.45, 2.75) is 102 Å². The lowest BCUT2D eigenvalue weighted by atomic mass is 9.81. The quantitative estimate of drug-likeness (QED) is 0.529. The Labute approximate surface area is 158 Å². The summed E-state index contributed by atoms with van der Waals surface area (Å²) in [4.78, 5) is 0. The fourth-order valence-corrected chi connectivity index (χ4v) is 4.51. The molecule has 1 aliphatic carbocycles. The summed E-state index contributed by atoms with van der Waals surface area (Å²) < 4.78 is 24.7. The predicted molar refractivity (Wildman–Crippen MR) is 101 cm³/mol. The van der Waals surface area contributed by atoms with Gasteiger partial charge in [0.1, 0.15) is 12.2 Å². The molecule has 0 radical (unpaired) electrons. The van der Waals surface area contributed by atoms with Crippen molar-refractivity contribution in [3.8, 4) is 12.3 Å². The average Bonchev–Trinajstić information content (AvgIpc) is 3.04. The van der Waals surface area contributed by atoms with E-state index in [9.17, 15) is 0 Å². The van der Waals surface area contributed by atoms with Crippen LogP contribution in [0.25, 0.3) is 0 Å². The minimum Gasteiger partial charge on any atom is -0.344 e. The Hall–Kier alpha value is -0.640. The van der Waals surface area contributed by atoms with E-state index >= 15 is 0 Å². The maximum atomic E-state index is 6.25. The summed E-state index contributed by atoms with van der Waals surface area (Å²) in [6.07, 6.45) is 12.0. The van der Waals surface area contributed by atoms with Crippen LogP contribution < -0.4 is 5.32 Å². The zero-order valence-corrected chi connectivity index (χ0v) is 16.8. The monoisotopic (exact) mass is 365 g/mol. The van der Waals surface area contributed by atoms with Crippen molar-refractivity contribution in [3.63, 3.8) is 0 Å². The third-order valence-corrected chi connectivity index (χ3v) is 5.54. The molecule has 3 fully saturated rings. The molecule has 2 heterocycles. The molecule has 5 nitrogen and oxygen atoms in total. The zero-order chi connectivity index (χ0) is 18.8. The molecule has 5 atom stereocenters. The van der Waals surface area contributed by atoms with Crippen LogP contribution >= 0.6 is 0 Å². The number of hydrogen-bond acceptors (Lipinski definition) is 5. The number of terminal acetylenes is 1. The summed E-state index contributed by atoms with van der Waals surface area (Å²) in [5.41, 5.74) is 0. The molecule has 1 N–H and O–H groups in total. The van der Waals surface area contributed by atoms with Crippen LogP contribution in [0.5, 0.6) is 0 Å². The van der Waals surface area contributed by atoms with Crippen LogP contribution in [0, 0.1) is 18.3 Å². The second-order valence-corrected chi connectivity index (χ2v) is 8.77. The van der Waals surface area contributed by atoms with E-state index in [0.717, 1.165) is 32.4 Å². The molecule has 148 valence electrons. The lowest BCUT2D eigenvalue weighted by Crippen LogP contribution is -2.53. The fourth-order valence-electron chi connectivity index (χ4n) is 4.51. The highest BCUT2D eigenvalue weighted by atomic mass is 16.8. The molecule has 1 saturated carbocycles. The summed E-state index contributed by atoms with van der Waals surface area (Å²) in [5, 5.41) is 3.61. The van der Waals surface area contributed by atoms with Crippen LogP contribution in [0.4, 0.5) is 0 Å². The molecule has 2 aliphatic heterocycles. The Morgan fingerprint density at radius 2 is 1.54 bits per heavy atom. The predicted octanol–water partition coefficient (Wildman–Crippen LogP) is 3.22. The highest BCUT2D eigenvalue weighted by Gasteiger charge is 2.59. The number of rotatable bonds is 8. The van der Waals surface area contributed by atoms with Gasteiger partial charge < -0.3 is 24.3 Å². The molecular formula is C21H35NO4. The summed E-state index contributed by atoms with van der Waals surface area (Å²) in [5.74, 6) is 1.97. The molecule has 0 amide bonds. The van der Waals surface area contributed by atoms with Gasteiger partial charge >= 0.3 is 0 Å². The van der Waals surface area contributed by atoms with Crippen molar-refractivity contribution in [2.75, 3.05) is 13.1 Å². The largest absolute Gasteiger partial charge is 0.344 e. The third-order valence-electron chi connectivity index (χ3n) is 5.54. The highest BCUT2D eigenvalue weighted by Crippen LogP contribution is 2.46. The summed E-state index contributed by atoms with van der Waals surface area (Å²) in [6, 6.07) is 0. The average molecular weight is 366 g/mol. The van der Waals surface area contributed by atoms with Crippen molar-refractivity contribution in [3.05, 3.63) is 0 Å². The van der Waals surface area contributed by atoms with Gasteiger partial charge in [-0.3, -0.25) is 0 Å². The molecule has 0 aromatic heterocycles. The molecule has 0 aromatic rings. The van der Waals surface area contributed by atoms with E-state index in [2.05, 4.69) is 11.2 Å². The van der Waals surface area contributed by atoms with Crippen LogP contribution in [0.2, 0.25) is 0 Å². The van der Waals surface area contributed by atoms with Gasteiger partial charge in [-0.25, -0.2) is 0 Å². The van der Waals surface area contributed by atoms with E-state index in [1.165, 1.54) is 19.3 Å². The SMILES string of the molecule is C#CCCCCCCNCC1C[C@H]2OC(C)(C)O[C@H]2[C@H]2OC(C)(C)O[C@@H]12. The van der Waals surface area contributed by atoms with E-state index in [0.29, 0.717) is 5.92 Å². The van der Waals surface area contributed by atoms with Crippen LogP contribution in [0.3, 0.4) is 0 Å². The normalized spacial score (nSPS) is 37.1. The number of fused-ring (bicyclic) bond motifs is 3. The maximum absolute atomic E-state index is 6.25. The molecule has 3 rings (SSSR count). The lowest BCUT2D eigenvalue weighted by Gasteiger charge is -2.37. The summed E-state index contributed by atoms with van der Waals surface area (Å²) in [7, 11) is 0. The first-order valence-corrected chi connectivity index (χ1v) is 10.2. The minimum absolute atomic E-state index is 0.0378. The van der Waals surface area contributed by atoms with Gasteiger partial charge in [-0.2, -0.15) is 0 Å². The van der Waals surface area contributed by atoms with E-state index < -0.39 is 11.6 Å². The topological polar surface area (TPSA) is 49.0 Å². The van der Waals surface area contributed by atoms with Gasteiger partial charge in [-0.1, -0.05) is 12.8 Å². The lowest BCUT2D eigenvalue weighted by molar-refractivity contribution is -0.176. The number of ether oxygens (including phenoxy) is 4. The van der Waals surface area contributed by atoms with Gasteiger partial charge in [0, 0.05) is 18.9 Å². The number of hydrogen-bond donors (Lipinski definition) is 1. The standard InChI is InChI=1S/C21H35NO4/c1-6-7-8-9-10-11-12-22-14-15-13-16-18(25-20(2,3)23-16)19-17(15)24-21(4,5)26-19/h1,15-19,22H,7-14H2,2-5H3/t15?,16-,17+,18-,19+/m1/s1. The van der Waals surface area contributed by atoms with Gasteiger partial charge in [0.25, 0.3) is 0 Å². The molecular weight excluding hydrogens is 330 g/mol. The number of nitrogens with one attached hydrogen (secondary N) is 1. The third kappa shape index (κ3) is 4.79. The number of unbranched alkanes of at least 4 members (excludes halogenated alkanes) is 4. The Balaban J connectivity index is 1.49. The zero-order valence-electron chi connectivity index (χ0n) is 16.8. The van der Waals surface area contributed by atoms with E-state index in [1.807, 2.05) is 27.7 Å². The van der Waals surface area contributed by atoms with Gasteiger partial charge in [-0.05, 0) is 53.5 Å². The fraction of sp³-hybridized carbons (Fsp3) is 0.905. The van der Waals surface area contributed by atoms with Crippen molar-refractivity contribution in [2.24, 2.45) is 5.92 Å². The Bertz CT molecular complexity index is 513.